The second-order valence-electron chi connectivity index (χ2n) is 7.61. The van der Waals surface area contributed by atoms with Gasteiger partial charge in [-0.1, -0.05) is 5.16 Å². The van der Waals surface area contributed by atoms with Crippen LogP contribution < -0.4 is 4.74 Å². The average molecular weight is 486 g/mol. The normalized spacial score (nSPS) is 15.2. The number of aromatic nitrogens is 2. The topological polar surface area (TPSA) is 98.7 Å². The third-order valence-electron chi connectivity index (χ3n) is 5.56. The van der Waals surface area contributed by atoms with Crippen molar-refractivity contribution < 1.29 is 22.1 Å². The quantitative estimate of drug-likeness (QED) is 0.391. The molecule has 0 amide bonds. The molecule has 0 spiro atoms. The maximum Gasteiger partial charge on any atom is 0.294 e. The number of hydrogen-bond donors (Lipinski definition) is 0. The lowest BCUT2D eigenvalue weighted by atomic mass is 10.1. The molecule has 0 aliphatic carbocycles. The Bertz CT molecular complexity index is 1390. The second kappa shape index (κ2) is 8.85. The zero-order valence-corrected chi connectivity index (χ0v) is 19.9. The van der Waals surface area contributed by atoms with Crippen molar-refractivity contribution in [2.75, 3.05) is 31.2 Å². The van der Waals surface area contributed by atoms with E-state index in [-0.39, 0.29) is 10.8 Å². The van der Waals surface area contributed by atoms with E-state index >= 15 is 0 Å². The van der Waals surface area contributed by atoms with Gasteiger partial charge in [0.15, 0.2) is 5.76 Å². The standard InChI is InChI=1S/C23H23N3O5S2/c1-3-29-17-6-4-16(5-7-17)22-24-23(31-25-22)21-15(2)19-14-18(8-9-20(19)30-21)33(27,28)26-10-12-32-13-11-26/h4-9,14H,3,10-13H2,1-2H3. The minimum absolute atomic E-state index is 0.241. The van der Waals surface area contributed by atoms with Crippen molar-refractivity contribution in [3.63, 3.8) is 0 Å². The molecule has 10 heteroatoms. The summed E-state index contributed by atoms with van der Waals surface area (Å²) in [5.74, 6) is 3.49. The van der Waals surface area contributed by atoms with E-state index in [1.165, 1.54) is 0 Å². The van der Waals surface area contributed by atoms with Crippen molar-refractivity contribution in [1.29, 1.82) is 0 Å². The van der Waals surface area contributed by atoms with Gasteiger partial charge in [-0.2, -0.15) is 21.1 Å². The fourth-order valence-corrected chi connectivity index (χ4v) is 6.40. The summed E-state index contributed by atoms with van der Waals surface area (Å²) in [6, 6.07) is 12.4. The highest BCUT2D eigenvalue weighted by Crippen LogP contribution is 2.35. The molecule has 0 N–H and O–H groups in total. The monoisotopic (exact) mass is 485 g/mol. The smallest absolute Gasteiger partial charge is 0.294 e. The zero-order chi connectivity index (χ0) is 23.0. The van der Waals surface area contributed by atoms with Gasteiger partial charge in [-0.25, -0.2) is 8.42 Å². The number of benzene rings is 2. The van der Waals surface area contributed by atoms with Gasteiger partial charge >= 0.3 is 0 Å². The van der Waals surface area contributed by atoms with Crippen LogP contribution in [0.2, 0.25) is 0 Å². The highest BCUT2D eigenvalue weighted by atomic mass is 32.2. The molecule has 3 heterocycles. The van der Waals surface area contributed by atoms with Crippen molar-refractivity contribution in [3.8, 4) is 28.8 Å². The lowest BCUT2D eigenvalue weighted by Crippen LogP contribution is -2.37. The minimum atomic E-state index is -3.55. The zero-order valence-electron chi connectivity index (χ0n) is 18.3. The summed E-state index contributed by atoms with van der Waals surface area (Å²) >= 11 is 1.77. The van der Waals surface area contributed by atoms with E-state index in [4.69, 9.17) is 13.7 Å². The first kappa shape index (κ1) is 22.0. The third kappa shape index (κ3) is 4.14. The summed E-state index contributed by atoms with van der Waals surface area (Å²) in [4.78, 5) is 4.75. The van der Waals surface area contributed by atoms with Gasteiger partial charge in [0.2, 0.25) is 15.8 Å². The van der Waals surface area contributed by atoms with Crippen molar-refractivity contribution in [2.45, 2.75) is 18.7 Å². The van der Waals surface area contributed by atoms with Crippen LogP contribution in [0.25, 0.3) is 34.0 Å². The van der Waals surface area contributed by atoms with Crippen LogP contribution in [0, 0.1) is 6.92 Å². The summed E-state index contributed by atoms with van der Waals surface area (Å²) in [5, 5.41) is 4.78. The van der Waals surface area contributed by atoms with Crippen LogP contribution in [0.1, 0.15) is 12.5 Å². The molecule has 33 heavy (non-hydrogen) atoms. The van der Waals surface area contributed by atoms with Crippen LogP contribution in [0.4, 0.5) is 0 Å². The lowest BCUT2D eigenvalue weighted by molar-refractivity contribution is 0.340. The van der Waals surface area contributed by atoms with E-state index in [9.17, 15) is 8.42 Å². The molecule has 0 atom stereocenters. The molecular weight excluding hydrogens is 462 g/mol. The molecule has 8 nitrogen and oxygen atoms in total. The Morgan fingerprint density at radius 2 is 1.88 bits per heavy atom. The van der Waals surface area contributed by atoms with Gasteiger partial charge in [0.05, 0.1) is 11.5 Å². The summed E-state index contributed by atoms with van der Waals surface area (Å²) in [7, 11) is -3.55. The Morgan fingerprint density at radius 1 is 1.12 bits per heavy atom. The molecule has 1 saturated heterocycles. The van der Waals surface area contributed by atoms with Gasteiger partial charge in [0.25, 0.3) is 5.89 Å². The summed E-state index contributed by atoms with van der Waals surface area (Å²) in [5.41, 5.74) is 2.10. The maximum absolute atomic E-state index is 13.1. The van der Waals surface area contributed by atoms with Crippen LogP contribution in [0.15, 0.2) is 56.3 Å². The summed E-state index contributed by atoms with van der Waals surface area (Å²) in [6.45, 7) is 5.43. The Balaban J connectivity index is 1.47. The predicted molar refractivity (Wildman–Crippen MR) is 127 cm³/mol. The van der Waals surface area contributed by atoms with E-state index in [0.29, 0.717) is 42.3 Å². The summed E-state index contributed by atoms with van der Waals surface area (Å²) in [6.07, 6.45) is 0. The van der Waals surface area contributed by atoms with E-state index in [1.807, 2.05) is 38.1 Å². The number of fused-ring (bicyclic) bond motifs is 1. The van der Waals surface area contributed by atoms with Gasteiger partial charge in [-0.3, -0.25) is 0 Å². The van der Waals surface area contributed by atoms with Crippen LogP contribution in [0.3, 0.4) is 0 Å². The van der Waals surface area contributed by atoms with Crippen LogP contribution >= 0.6 is 11.8 Å². The van der Waals surface area contributed by atoms with E-state index in [0.717, 1.165) is 28.4 Å². The first-order valence-electron chi connectivity index (χ1n) is 10.7. The molecule has 0 unspecified atom stereocenters. The number of furan rings is 1. The lowest BCUT2D eigenvalue weighted by Gasteiger charge is -2.25. The number of ether oxygens (including phenoxy) is 1. The largest absolute Gasteiger partial charge is 0.494 e. The third-order valence-corrected chi connectivity index (χ3v) is 8.40. The maximum atomic E-state index is 13.1. The predicted octanol–water partition coefficient (Wildman–Crippen LogP) is 4.59. The van der Waals surface area contributed by atoms with Crippen LogP contribution in [0.5, 0.6) is 5.75 Å². The number of sulfonamides is 1. The van der Waals surface area contributed by atoms with Gasteiger partial charge < -0.3 is 13.7 Å². The van der Waals surface area contributed by atoms with Crippen molar-refractivity contribution in [2.24, 2.45) is 0 Å². The van der Waals surface area contributed by atoms with Gasteiger partial charge in [-0.15, -0.1) is 0 Å². The number of hydrogen-bond acceptors (Lipinski definition) is 8. The minimum Gasteiger partial charge on any atom is -0.494 e. The molecule has 1 fully saturated rings. The fourth-order valence-electron chi connectivity index (χ4n) is 3.80. The van der Waals surface area contributed by atoms with Crippen molar-refractivity contribution >= 4 is 32.8 Å². The molecular formula is C23H23N3O5S2. The molecule has 1 aliphatic rings. The molecule has 5 rings (SSSR count). The number of aryl methyl sites for hydroxylation is 1. The van der Waals surface area contributed by atoms with E-state index in [1.54, 1.807) is 34.3 Å². The highest BCUT2D eigenvalue weighted by Gasteiger charge is 2.27. The van der Waals surface area contributed by atoms with Crippen molar-refractivity contribution in [1.82, 2.24) is 14.4 Å². The molecule has 0 saturated carbocycles. The van der Waals surface area contributed by atoms with E-state index in [2.05, 4.69) is 10.1 Å². The van der Waals surface area contributed by atoms with Crippen molar-refractivity contribution in [3.05, 3.63) is 48.0 Å². The number of nitrogens with zero attached hydrogens (tertiary/aromatic N) is 3. The summed E-state index contributed by atoms with van der Waals surface area (Å²) < 4.78 is 44.6. The first-order valence-corrected chi connectivity index (χ1v) is 13.2. The highest BCUT2D eigenvalue weighted by molar-refractivity contribution is 7.99. The van der Waals surface area contributed by atoms with Crippen LogP contribution in [-0.4, -0.2) is 54.1 Å². The average Bonchev–Trinajstić information content (AvgIpc) is 3.45. The SMILES string of the molecule is CCOc1ccc(-c2noc(-c3oc4ccc(S(=O)(=O)N5CCSCC5)cc4c3C)n2)cc1. The number of thioether (sulfide) groups is 1. The molecule has 1 aliphatic heterocycles. The Morgan fingerprint density at radius 3 is 2.61 bits per heavy atom. The van der Waals surface area contributed by atoms with E-state index < -0.39 is 10.0 Å². The molecule has 0 radical (unpaired) electrons. The van der Waals surface area contributed by atoms with Gasteiger partial charge in [0.1, 0.15) is 11.3 Å². The van der Waals surface area contributed by atoms with Gasteiger partial charge in [-0.05, 0) is 56.3 Å². The molecule has 172 valence electrons. The number of rotatable bonds is 6. The molecule has 0 bridgehead atoms. The Kier molecular flexibility index (Phi) is 5.90. The Hall–Kier alpha value is -2.82. The van der Waals surface area contributed by atoms with Gasteiger partial charge in [0, 0.05) is 41.1 Å². The fraction of sp³-hybridized carbons (Fsp3) is 0.304. The Labute approximate surface area is 196 Å². The first-order chi connectivity index (χ1) is 16.0. The molecule has 2 aromatic heterocycles. The second-order valence-corrected chi connectivity index (χ2v) is 10.8. The molecule has 4 aromatic rings. The molecule has 2 aromatic carbocycles. The van der Waals surface area contributed by atoms with Crippen LogP contribution in [-0.2, 0) is 10.0 Å².